The molecule has 0 radical (unpaired) electrons. The summed E-state index contributed by atoms with van der Waals surface area (Å²) < 4.78 is 15.0. The van der Waals surface area contributed by atoms with Gasteiger partial charge in [-0.1, -0.05) is 0 Å². The van der Waals surface area contributed by atoms with E-state index in [4.69, 9.17) is 5.73 Å². The fourth-order valence-corrected chi connectivity index (χ4v) is 1.46. The zero-order valence-corrected chi connectivity index (χ0v) is 8.53. The summed E-state index contributed by atoms with van der Waals surface area (Å²) in [5, 5.41) is 4.06. The van der Waals surface area contributed by atoms with E-state index in [2.05, 4.69) is 10.1 Å². The molecule has 0 aliphatic heterocycles. The van der Waals surface area contributed by atoms with Crippen LogP contribution in [0.4, 0.5) is 10.1 Å². The second-order valence-corrected chi connectivity index (χ2v) is 3.35. The molecule has 15 heavy (non-hydrogen) atoms. The van der Waals surface area contributed by atoms with Crippen molar-refractivity contribution >= 4 is 5.69 Å². The first kappa shape index (κ1) is 9.64. The first-order chi connectivity index (χ1) is 7.08. The Morgan fingerprint density at radius 3 is 2.73 bits per heavy atom. The molecule has 0 saturated carbocycles. The van der Waals surface area contributed by atoms with Crippen molar-refractivity contribution in [3.05, 3.63) is 29.8 Å². The predicted octanol–water partition coefficient (Wildman–Crippen LogP) is 1.51. The third-order valence-electron chi connectivity index (χ3n) is 2.10. The molecule has 0 aliphatic rings. The highest BCUT2D eigenvalue weighted by atomic mass is 19.1. The molecule has 2 rings (SSSR count). The Bertz CT molecular complexity index is 504. The van der Waals surface area contributed by atoms with Crippen molar-refractivity contribution < 1.29 is 4.39 Å². The van der Waals surface area contributed by atoms with E-state index in [-0.39, 0.29) is 5.82 Å². The van der Waals surface area contributed by atoms with E-state index in [1.54, 1.807) is 20.0 Å². The Labute approximate surface area is 86.6 Å². The number of nitrogens with zero attached hydrogens (tertiary/aromatic N) is 3. The maximum atomic E-state index is 13.5. The molecule has 2 aromatic rings. The van der Waals surface area contributed by atoms with Crippen molar-refractivity contribution in [3.8, 4) is 11.4 Å². The SMILES string of the molecule is Cc1nc(-c2cc(N)ccc2F)n(C)n1. The molecule has 0 aliphatic carbocycles. The number of hydrogen-bond acceptors (Lipinski definition) is 3. The molecular weight excluding hydrogens is 195 g/mol. The minimum atomic E-state index is -0.347. The second kappa shape index (κ2) is 3.34. The molecular formula is C10H11FN4. The number of anilines is 1. The fourth-order valence-electron chi connectivity index (χ4n) is 1.46. The van der Waals surface area contributed by atoms with Crippen LogP contribution < -0.4 is 5.73 Å². The number of aromatic nitrogens is 3. The Balaban J connectivity index is 2.62. The zero-order chi connectivity index (χ0) is 11.0. The standard InChI is InChI=1S/C10H11FN4/c1-6-13-10(15(2)14-6)8-5-7(12)3-4-9(8)11/h3-5H,12H2,1-2H3. The van der Waals surface area contributed by atoms with Crippen LogP contribution in [0.25, 0.3) is 11.4 Å². The van der Waals surface area contributed by atoms with Crippen molar-refractivity contribution in [2.24, 2.45) is 7.05 Å². The van der Waals surface area contributed by atoms with Crippen LogP contribution in [0, 0.1) is 12.7 Å². The molecule has 5 heteroatoms. The molecule has 0 amide bonds. The Hall–Kier alpha value is -1.91. The molecule has 2 N–H and O–H groups in total. The smallest absolute Gasteiger partial charge is 0.161 e. The average Bonchev–Trinajstić information content (AvgIpc) is 2.50. The highest BCUT2D eigenvalue weighted by Gasteiger charge is 2.11. The van der Waals surface area contributed by atoms with Gasteiger partial charge in [0.05, 0.1) is 5.56 Å². The van der Waals surface area contributed by atoms with Crippen LogP contribution in [-0.2, 0) is 7.05 Å². The highest BCUT2D eigenvalue weighted by molar-refractivity contribution is 5.62. The van der Waals surface area contributed by atoms with E-state index >= 15 is 0 Å². The van der Waals surface area contributed by atoms with Crippen molar-refractivity contribution in [1.29, 1.82) is 0 Å². The van der Waals surface area contributed by atoms with Crippen LogP contribution in [0.3, 0.4) is 0 Å². The van der Waals surface area contributed by atoms with Crippen molar-refractivity contribution in [2.75, 3.05) is 5.73 Å². The first-order valence-electron chi connectivity index (χ1n) is 4.51. The van der Waals surface area contributed by atoms with E-state index in [1.807, 2.05) is 0 Å². The molecule has 1 heterocycles. The molecule has 0 fully saturated rings. The third-order valence-corrected chi connectivity index (χ3v) is 2.10. The van der Waals surface area contributed by atoms with Crippen LogP contribution >= 0.6 is 0 Å². The molecule has 1 aromatic heterocycles. The lowest BCUT2D eigenvalue weighted by Gasteiger charge is -2.02. The lowest BCUT2D eigenvalue weighted by Crippen LogP contribution is -1.97. The number of hydrogen-bond donors (Lipinski definition) is 1. The number of aryl methyl sites for hydroxylation is 2. The Morgan fingerprint density at radius 2 is 2.13 bits per heavy atom. The van der Waals surface area contributed by atoms with E-state index < -0.39 is 0 Å². The van der Waals surface area contributed by atoms with Gasteiger partial charge in [0.1, 0.15) is 11.6 Å². The normalized spacial score (nSPS) is 10.6. The van der Waals surface area contributed by atoms with Gasteiger partial charge >= 0.3 is 0 Å². The second-order valence-electron chi connectivity index (χ2n) is 3.35. The maximum absolute atomic E-state index is 13.5. The largest absolute Gasteiger partial charge is 0.399 e. The minimum absolute atomic E-state index is 0.347. The summed E-state index contributed by atoms with van der Waals surface area (Å²) in [6, 6.07) is 4.40. The average molecular weight is 206 g/mol. The fraction of sp³-hybridized carbons (Fsp3) is 0.200. The summed E-state index contributed by atoms with van der Waals surface area (Å²) in [4.78, 5) is 4.14. The van der Waals surface area contributed by atoms with Gasteiger partial charge in [0.15, 0.2) is 5.82 Å². The molecule has 0 bridgehead atoms. The summed E-state index contributed by atoms with van der Waals surface area (Å²) in [5.74, 6) is 0.742. The summed E-state index contributed by atoms with van der Waals surface area (Å²) in [6.45, 7) is 1.76. The molecule has 0 saturated heterocycles. The van der Waals surface area contributed by atoms with Gasteiger partial charge in [0.2, 0.25) is 0 Å². The summed E-state index contributed by atoms with van der Waals surface area (Å²) >= 11 is 0. The summed E-state index contributed by atoms with van der Waals surface area (Å²) in [7, 11) is 1.72. The van der Waals surface area contributed by atoms with Gasteiger partial charge in [-0.2, -0.15) is 5.10 Å². The van der Waals surface area contributed by atoms with Gasteiger partial charge in [-0.15, -0.1) is 0 Å². The van der Waals surface area contributed by atoms with Crippen LogP contribution in [0.5, 0.6) is 0 Å². The first-order valence-corrected chi connectivity index (χ1v) is 4.51. The molecule has 1 aromatic carbocycles. The van der Waals surface area contributed by atoms with Crippen LogP contribution in [-0.4, -0.2) is 14.8 Å². The van der Waals surface area contributed by atoms with Crippen molar-refractivity contribution in [3.63, 3.8) is 0 Å². The van der Waals surface area contributed by atoms with Gasteiger partial charge in [0, 0.05) is 12.7 Å². The maximum Gasteiger partial charge on any atom is 0.161 e. The quantitative estimate of drug-likeness (QED) is 0.719. The zero-order valence-electron chi connectivity index (χ0n) is 8.53. The van der Waals surface area contributed by atoms with Crippen molar-refractivity contribution in [2.45, 2.75) is 6.92 Å². The van der Waals surface area contributed by atoms with Crippen LogP contribution in [0.2, 0.25) is 0 Å². The summed E-state index contributed by atoms with van der Waals surface area (Å²) in [5.41, 5.74) is 6.48. The Morgan fingerprint density at radius 1 is 1.40 bits per heavy atom. The van der Waals surface area contributed by atoms with Crippen molar-refractivity contribution in [1.82, 2.24) is 14.8 Å². The van der Waals surface area contributed by atoms with Gasteiger partial charge in [0.25, 0.3) is 0 Å². The number of nitrogen functional groups attached to an aromatic ring is 1. The molecule has 0 atom stereocenters. The number of rotatable bonds is 1. The monoisotopic (exact) mass is 206 g/mol. The molecule has 4 nitrogen and oxygen atoms in total. The molecule has 0 unspecified atom stereocenters. The molecule has 0 spiro atoms. The van der Waals surface area contributed by atoms with Crippen LogP contribution in [0.1, 0.15) is 5.82 Å². The lowest BCUT2D eigenvalue weighted by molar-refractivity contribution is 0.627. The number of benzene rings is 1. The lowest BCUT2D eigenvalue weighted by atomic mass is 10.2. The van der Waals surface area contributed by atoms with E-state index in [9.17, 15) is 4.39 Å². The van der Waals surface area contributed by atoms with Gasteiger partial charge < -0.3 is 5.73 Å². The highest BCUT2D eigenvalue weighted by Crippen LogP contribution is 2.22. The third kappa shape index (κ3) is 1.68. The van der Waals surface area contributed by atoms with E-state index in [1.165, 1.54) is 16.8 Å². The van der Waals surface area contributed by atoms with Gasteiger partial charge in [-0.3, -0.25) is 0 Å². The summed E-state index contributed by atoms with van der Waals surface area (Å²) in [6.07, 6.45) is 0. The van der Waals surface area contributed by atoms with Gasteiger partial charge in [-0.05, 0) is 25.1 Å². The van der Waals surface area contributed by atoms with E-state index in [0.717, 1.165) is 0 Å². The predicted molar refractivity (Wildman–Crippen MR) is 55.5 cm³/mol. The topological polar surface area (TPSA) is 56.7 Å². The van der Waals surface area contributed by atoms with Gasteiger partial charge in [-0.25, -0.2) is 14.1 Å². The van der Waals surface area contributed by atoms with Crippen LogP contribution in [0.15, 0.2) is 18.2 Å². The number of halogens is 1. The Kier molecular flexibility index (Phi) is 2.15. The minimum Gasteiger partial charge on any atom is -0.399 e. The molecule has 78 valence electrons. The van der Waals surface area contributed by atoms with E-state index in [0.29, 0.717) is 22.9 Å². The number of nitrogens with two attached hydrogens (primary N) is 1.